The first-order valence-electron chi connectivity index (χ1n) is 9.07. The van der Waals surface area contributed by atoms with E-state index in [2.05, 4.69) is 13.8 Å². The second kappa shape index (κ2) is 7.09. The fourth-order valence-corrected chi connectivity index (χ4v) is 5.05. The molecular formula is C21H26N2O3S. The summed E-state index contributed by atoms with van der Waals surface area (Å²) >= 11 is 1.54. The lowest BCUT2D eigenvalue weighted by Crippen LogP contribution is -2.22. The molecule has 1 aromatic carbocycles. The van der Waals surface area contributed by atoms with Crippen LogP contribution < -0.4 is 5.73 Å². The van der Waals surface area contributed by atoms with Crippen LogP contribution in [-0.2, 0) is 19.4 Å². The number of carboxylic acids is 1. The number of fused-ring (bicyclic) bond motifs is 1. The van der Waals surface area contributed by atoms with Gasteiger partial charge in [-0.3, -0.25) is 4.79 Å². The first-order valence-corrected chi connectivity index (χ1v) is 9.89. The van der Waals surface area contributed by atoms with Crippen LogP contribution in [0.4, 0.5) is 0 Å². The average molecular weight is 387 g/mol. The number of carbonyl (C=O) groups is 2. The summed E-state index contributed by atoms with van der Waals surface area (Å²) in [6, 6.07) is 5.38. The highest BCUT2D eigenvalue weighted by atomic mass is 32.1. The van der Waals surface area contributed by atoms with Gasteiger partial charge in [0.15, 0.2) is 0 Å². The summed E-state index contributed by atoms with van der Waals surface area (Å²) in [5.74, 6) is -1.02. The molecule has 0 saturated carbocycles. The van der Waals surface area contributed by atoms with Gasteiger partial charge in [-0.25, -0.2) is 4.79 Å². The van der Waals surface area contributed by atoms with E-state index in [1.165, 1.54) is 4.90 Å². The Balaban J connectivity index is 2.22. The normalized spacial score (nSPS) is 15.3. The van der Waals surface area contributed by atoms with Crippen molar-refractivity contribution >= 4 is 23.2 Å². The minimum Gasteiger partial charge on any atom is -0.478 e. The number of carbonyl (C=O) groups excluding carboxylic acids is 1. The third kappa shape index (κ3) is 3.64. The van der Waals surface area contributed by atoms with Crippen molar-refractivity contribution in [3.05, 3.63) is 45.3 Å². The van der Waals surface area contributed by atoms with E-state index in [1.54, 1.807) is 37.6 Å². The number of aromatic carboxylic acids is 1. The van der Waals surface area contributed by atoms with E-state index in [4.69, 9.17) is 5.73 Å². The van der Waals surface area contributed by atoms with E-state index in [1.807, 2.05) is 6.07 Å². The van der Waals surface area contributed by atoms with Crippen LogP contribution in [-0.4, -0.2) is 36.0 Å². The monoisotopic (exact) mass is 386 g/mol. The minimum absolute atomic E-state index is 0.0922. The average Bonchev–Trinajstić information content (AvgIpc) is 2.97. The van der Waals surface area contributed by atoms with Gasteiger partial charge < -0.3 is 15.7 Å². The summed E-state index contributed by atoms with van der Waals surface area (Å²) in [5, 5.41) is 9.97. The standard InChI is InChI=1S/C21H26N2O3S/c1-21(2)8-7-16-15(10-21)17(20(25)26)18(27-16)14-9-12(19(24)23(3)4)5-6-13(14)11-22/h5-6,9H,7-8,10-11,22H2,1-4H3,(H,25,26). The Morgan fingerprint density at radius 2 is 2.00 bits per heavy atom. The third-order valence-electron chi connectivity index (χ3n) is 5.22. The Morgan fingerprint density at radius 1 is 1.30 bits per heavy atom. The molecule has 0 spiro atoms. The molecule has 27 heavy (non-hydrogen) atoms. The highest BCUT2D eigenvalue weighted by Gasteiger charge is 2.33. The molecule has 144 valence electrons. The number of rotatable bonds is 4. The number of nitrogens with two attached hydrogens (primary N) is 1. The Morgan fingerprint density at radius 3 is 2.59 bits per heavy atom. The number of benzene rings is 1. The fourth-order valence-electron chi connectivity index (χ4n) is 3.69. The molecule has 0 unspecified atom stereocenters. The summed E-state index contributed by atoms with van der Waals surface area (Å²) in [4.78, 5) is 28.0. The maximum absolute atomic E-state index is 12.4. The molecule has 0 radical (unpaired) electrons. The van der Waals surface area contributed by atoms with Crippen molar-refractivity contribution < 1.29 is 14.7 Å². The quantitative estimate of drug-likeness (QED) is 0.837. The molecule has 0 bridgehead atoms. The molecule has 0 atom stereocenters. The topological polar surface area (TPSA) is 83.6 Å². The summed E-state index contributed by atoms with van der Waals surface area (Å²) in [6.07, 6.45) is 2.69. The first-order chi connectivity index (χ1) is 12.6. The van der Waals surface area contributed by atoms with Crippen molar-refractivity contribution in [2.45, 2.75) is 39.7 Å². The molecule has 0 fully saturated rings. The van der Waals surface area contributed by atoms with Crippen LogP contribution in [0.2, 0.25) is 0 Å². The van der Waals surface area contributed by atoms with Crippen LogP contribution in [0, 0.1) is 5.41 Å². The number of thiophene rings is 1. The molecule has 1 aliphatic carbocycles. The van der Waals surface area contributed by atoms with E-state index in [-0.39, 0.29) is 11.3 Å². The van der Waals surface area contributed by atoms with Crippen LogP contribution in [0.1, 0.15) is 57.0 Å². The maximum Gasteiger partial charge on any atom is 0.337 e. The lowest BCUT2D eigenvalue weighted by molar-refractivity contribution is 0.0695. The largest absolute Gasteiger partial charge is 0.478 e. The molecule has 3 N–H and O–H groups in total. The minimum atomic E-state index is -0.910. The van der Waals surface area contributed by atoms with Gasteiger partial charge in [0.25, 0.3) is 5.91 Å². The molecule has 3 rings (SSSR count). The summed E-state index contributed by atoms with van der Waals surface area (Å²) in [6.45, 7) is 4.65. The molecule has 2 aromatic rings. The number of amides is 1. The van der Waals surface area contributed by atoms with Crippen molar-refractivity contribution in [3.8, 4) is 10.4 Å². The van der Waals surface area contributed by atoms with Crippen molar-refractivity contribution in [2.75, 3.05) is 14.1 Å². The van der Waals surface area contributed by atoms with Gasteiger partial charge in [-0.15, -0.1) is 11.3 Å². The Bertz CT molecular complexity index is 912. The molecule has 1 aliphatic rings. The third-order valence-corrected chi connectivity index (χ3v) is 6.54. The molecule has 1 amide bonds. The number of hydrogen-bond acceptors (Lipinski definition) is 4. The smallest absolute Gasteiger partial charge is 0.337 e. The van der Waals surface area contributed by atoms with Gasteiger partial charge in [0.2, 0.25) is 0 Å². The second-order valence-electron chi connectivity index (χ2n) is 8.13. The van der Waals surface area contributed by atoms with Crippen molar-refractivity contribution in [3.63, 3.8) is 0 Å². The highest BCUT2D eigenvalue weighted by Crippen LogP contribution is 2.45. The van der Waals surface area contributed by atoms with Gasteiger partial charge in [-0.1, -0.05) is 19.9 Å². The molecule has 1 aromatic heterocycles. The first kappa shape index (κ1) is 19.6. The summed E-state index contributed by atoms with van der Waals surface area (Å²) < 4.78 is 0. The SMILES string of the molecule is CN(C)C(=O)c1ccc(CN)c(-c2sc3c(c2C(=O)O)CC(C)(C)CC3)c1. The van der Waals surface area contributed by atoms with Gasteiger partial charge in [-0.2, -0.15) is 0 Å². The predicted octanol–water partition coefficient (Wildman–Crippen LogP) is 3.79. The molecule has 0 saturated heterocycles. The molecule has 1 heterocycles. The Hall–Kier alpha value is -2.18. The van der Waals surface area contributed by atoms with E-state index >= 15 is 0 Å². The van der Waals surface area contributed by atoms with Crippen molar-refractivity contribution in [1.82, 2.24) is 4.90 Å². The van der Waals surface area contributed by atoms with E-state index in [0.717, 1.165) is 45.7 Å². The number of carboxylic acid groups (broad SMARTS) is 1. The molecular weight excluding hydrogens is 360 g/mol. The van der Waals surface area contributed by atoms with Gasteiger partial charge >= 0.3 is 5.97 Å². The lowest BCUT2D eigenvalue weighted by atomic mass is 9.76. The zero-order valence-corrected chi connectivity index (χ0v) is 17.1. The van der Waals surface area contributed by atoms with Gasteiger partial charge in [0.05, 0.1) is 5.56 Å². The number of nitrogens with zero attached hydrogens (tertiary/aromatic N) is 1. The van der Waals surface area contributed by atoms with Crippen molar-refractivity contribution in [2.24, 2.45) is 11.1 Å². The van der Waals surface area contributed by atoms with Crippen molar-refractivity contribution in [1.29, 1.82) is 0 Å². The number of aryl methyl sites for hydroxylation is 1. The van der Waals surface area contributed by atoms with Crippen LogP contribution in [0.25, 0.3) is 10.4 Å². The van der Waals surface area contributed by atoms with Crippen LogP contribution in [0.3, 0.4) is 0 Å². The van der Waals surface area contributed by atoms with Crippen LogP contribution in [0.15, 0.2) is 18.2 Å². The Kier molecular flexibility index (Phi) is 5.14. The van der Waals surface area contributed by atoms with Crippen LogP contribution in [0.5, 0.6) is 0 Å². The van der Waals surface area contributed by atoms with E-state index < -0.39 is 5.97 Å². The zero-order chi connectivity index (χ0) is 19.9. The maximum atomic E-state index is 12.4. The van der Waals surface area contributed by atoms with Gasteiger partial charge in [0.1, 0.15) is 0 Å². The predicted molar refractivity (Wildman–Crippen MR) is 108 cm³/mol. The highest BCUT2D eigenvalue weighted by molar-refractivity contribution is 7.16. The summed E-state index contributed by atoms with van der Waals surface area (Å²) in [5.41, 5.74) is 9.50. The van der Waals surface area contributed by atoms with Gasteiger partial charge in [-0.05, 0) is 53.5 Å². The zero-order valence-electron chi connectivity index (χ0n) is 16.3. The lowest BCUT2D eigenvalue weighted by Gasteiger charge is -2.29. The van der Waals surface area contributed by atoms with E-state index in [9.17, 15) is 14.7 Å². The fraction of sp³-hybridized carbons (Fsp3) is 0.429. The Labute approximate surface area is 163 Å². The van der Waals surface area contributed by atoms with Gasteiger partial charge in [0, 0.05) is 36.0 Å². The number of hydrogen-bond donors (Lipinski definition) is 2. The molecule has 5 nitrogen and oxygen atoms in total. The molecule has 0 aliphatic heterocycles. The second-order valence-corrected chi connectivity index (χ2v) is 9.23. The summed E-state index contributed by atoms with van der Waals surface area (Å²) in [7, 11) is 3.40. The molecule has 6 heteroatoms. The van der Waals surface area contributed by atoms with E-state index in [0.29, 0.717) is 17.7 Å². The van der Waals surface area contributed by atoms with Crippen LogP contribution >= 0.6 is 11.3 Å².